The Labute approximate surface area is 55.8 Å². The van der Waals surface area contributed by atoms with E-state index in [9.17, 15) is 4.79 Å². The average Bonchev–Trinajstić information content (AvgIpc) is 2.37. The van der Waals surface area contributed by atoms with Gasteiger partial charge in [-0.15, -0.1) is 0 Å². The second-order valence-electron chi connectivity index (χ2n) is 2.32. The van der Waals surface area contributed by atoms with Crippen LogP contribution >= 0.6 is 0 Å². The fraction of sp³-hybridized carbons (Fsp3) is 0.714. The fourth-order valence-electron chi connectivity index (χ4n) is 1.12. The van der Waals surface area contributed by atoms with Gasteiger partial charge in [0.2, 0.25) is 5.91 Å². The summed E-state index contributed by atoms with van der Waals surface area (Å²) in [7, 11) is 0. The quantitative estimate of drug-likeness (QED) is 0.509. The number of amides is 1. The molecule has 1 aliphatic rings. The molecule has 1 saturated heterocycles. The Morgan fingerprint density at radius 1 is 1.44 bits per heavy atom. The van der Waals surface area contributed by atoms with Gasteiger partial charge < -0.3 is 4.90 Å². The zero-order chi connectivity index (χ0) is 6.69. The Hall–Kier alpha value is -0.530. The van der Waals surface area contributed by atoms with Crippen LogP contribution in [0.3, 0.4) is 0 Å². The molecular formula is C7H12NO. The molecule has 0 unspecified atom stereocenters. The van der Waals surface area contributed by atoms with Crippen LogP contribution in [0.25, 0.3) is 0 Å². The van der Waals surface area contributed by atoms with E-state index in [0.717, 1.165) is 13.1 Å². The molecule has 1 heterocycles. The predicted molar refractivity (Wildman–Crippen MR) is 35.8 cm³/mol. The monoisotopic (exact) mass is 126 g/mol. The van der Waals surface area contributed by atoms with Crippen molar-refractivity contribution in [1.82, 2.24) is 4.90 Å². The molecule has 2 heteroatoms. The molecule has 2 nitrogen and oxygen atoms in total. The Balaban J connectivity index is 2.32. The number of hydrogen-bond acceptors (Lipinski definition) is 1. The van der Waals surface area contributed by atoms with Crippen LogP contribution in [0.2, 0.25) is 0 Å². The molecule has 0 aromatic carbocycles. The molecule has 0 aromatic heterocycles. The van der Waals surface area contributed by atoms with Crippen molar-refractivity contribution in [3.05, 3.63) is 6.42 Å². The number of nitrogens with zero attached hydrogens (tertiary/aromatic N) is 1. The molecular weight excluding hydrogens is 114 g/mol. The van der Waals surface area contributed by atoms with Gasteiger partial charge in [-0.05, 0) is 12.8 Å². The van der Waals surface area contributed by atoms with Crippen molar-refractivity contribution in [3.63, 3.8) is 0 Å². The number of hydrogen-bond donors (Lipinski definition) is 0. The van der Waals surface area contributed by atoms with Gasteiger partial charge in [0, 0.05) is 19.5 Å². The molecule has 1 radical (unpaired) electrons. The minimum Gasteiger partial charge on any atom is -0.342 e. The first-order chi connectivity index (χ1) is 4.34. The molecule has 1 amide bonds. The highest BCUT2D eigenvalue weighted by Crippen LogP contribution is 2.07. The molecule has 51 valence electrons. The average molecular weight is 126 g/mol. The highest BCUT2D eigenvalue weighted by molar-refractivity contribution is 5.84. The molecule has 0 bridgehead atoms. The van der Waals surface area contributed by atoms with E-state index in [1.807, 2.05) is 4.90 Å². The van der Waals surface area contributed by atoms with Crippen LogP contribution in [0.1, 0.15) is 19.8 Å². The standard InChI is InChI=1S/C7H12NO/c1-2-7(9)8-5-3-4-6-8/h2H,3-6H2,1H3. The lowest BCUT2D eigenvalue weighted by Gasteiger charge is -2.12. The lowest BCUT2D eigenvalue weighted by atomic mass is 10.4. The van der Waals surface area contributed by atoms with Gasteiger partial charge >= 0.3 is 0 Å². The second kappa shape index (κ2) is 2.85. The summed E-state index contributed by atoms with van der Waals surface area (Å²) in [6.07, 6.45) is 3.99. The lowest BCUT2D eigenvalue weighted by Crippen LogP contribution is -2.26. The summed E-state index contributed by atoms with van der Waals surface area (Å²) in [6, 6.07) is 0. The third-order valence-corrected chi connectivity index (χ3v) is 1.66. The van der Waals surface area contributed by atoms with E-state index in [4.69, 9.17) is 0 Å². The Kier molecular flexibility index (Phi) is 2.09. The summed E-state index contributed by atoms with van der Waals surface area (Å²) in [5.74, 6) is 0.188. The molecule has 1 aliphatic heterocycles. The van der Waals surface area contributed by atoms with E-state index < -0.39 is 0 Å². The van der Waals surface area contributed by atoms with Crippen LogP contribution in [0.4, 0.5) is 0 Å². The molecule has 0 N–H and O–H groups in total. The van der Waals surface area contributed by atoms with Crippen molar-refractivity contribution in [3.8, 4) is 0 Å². The van der Waals surface area contributed by atoms with Crippen LogP contribution in [0.5, 0.6) is 0 Å². The van der Waals surface area contributed by atoms with Gasteiger partial charge in [-0.25, -0.2) is 0 Å². The van der Waals surface area contributed by atoms with Crippen LogP contribution in [-0.2, 0) is 4.79 Å². The molecule has 9 heavy (non-hydrogen) atoms. The third kappa shape index (κ3) is 1.44. The summed E-state index contributed by atoms with van der Waals surface area (Å²) in [5, 5.41) is 0. The maximum Gasteiger partial charge on any atom is 0.226 e. The van der Waals surface area contributed by atoms with Crippen LogP contribution in [0, 0.1) is 6.42 Å². The van der Waals surface area contributed by atoms with Gasteiger partial charge in [-0.2, -0.15) is 0 Å². The van der Waals surface area contributed by atoms with Gasteiger partial charge in [0.25, 0.3) is 0 Å². The van der Waals surface area contributed by atoms with E-state index in [0.29, 0.717) is 0 Å². The van der Waals surface area contributed by atoms with Gasteiger partial charge in [-0.3, -0.25) is 4.79 Å². The Morgan fingerprint density at radius 3 is 2.44 bits per heavy atom. The Morgan fingerprint density at radius 2 is 2.00 bits per heavy atom. The third-order valence-electron chi connectivity index (χ3n) is 1.66. The number of carbonyl (C=O) groups excluding carboxylic acids is 1. The van der Waals surface area contributed by atoms with E-state index in [2.05, 4.69) is 0 Å². The van der Waals surface area contributed by atoms with E-state index >= 15 is 0 Å². The van der Waals surface area contributed by atoms with E-state index in [1.54, 1.807) is 13.3 Å². The summed E-state index contributed by atoms with van der Waals surface area (Å²) in [4.78, 5) is 12.8. The van der Waals surface area contributed by atoms with Crippen molar-refractivity contribution >= 4 is 5.91 Å². The van der Waals surface area contributed by atoms with Gasteiger partial charge in [-0.1, -0.05) is 6.92 Å². The first kappa shape index (κ1) is 6.59. The summed E-state index contributed by atoms with van der Waals surface area (Å²) in [6.45, 7) is 3.72. The SMILES string of the molecule is C[CH]C(=O)N1CCCC1. The molecule has 1 fully saturated rings. The molecule has 1 rings (SSSR count). The second-order valence-corrected chi connectivity index (χ2v) is 2.32. The summed E-state index contributed by atoms with van der Waals surface area (Å²) < 4.78 is 0. The molecule has 0 aromatic rings. The maximum atomic E-state index is 10.9. The topological polar surface area (TPSA) is 20.3 Å². The molecule has 0 spiro atoms. The summed E-state index contributed by atoms with van der Waals surface area (Å²) >= 11 is 0. The first-order valence-corrected chi connectivity index (χ1v) is 3.43. The van der Waals surface area contributed by atoms with Gasteiger partial charge in [0.15, 0.2) is 0 Å². The Bertz CT molecular complexity index is 105. The normalized spacial score (nSPS) is 18.6. The fourth-order valence-corrected chi connectivity index (χ4v) is 1.12. The zero-order valence-corrected chi connectivity index (χ0v) is 5.76. The first-order valence-electron chi connectivity index (χ1n) is 3.43. The van der Waals surface area contributed by atoms with Crippen molar-refractivity contribution in [1.29, 1.82) is 0 Å². The smallest absolute Gasteiger partial charge is 0.226 e. The lowest BCUT2D eigenvalue weighted by molar-refractivity contribution is -0.126. The van der Waals surface area contributed by atoms with Crippen molar-refractivity contribution in [2.24, 2.45) is 0 Å². The number of likely N-dealkylation sites (tertiary alicyclic amines) is 1. The van der Waals surface area contributed by atoms with Crippen LogP contribution < -0.4 is 0 Å². The minimum atomic E-state index is 0.188. The largest absolute Gasteiger partial charge is 0.342 e. The van der Waals surface area contributed by atoms with Crippen molar-refractivity contribution in [2.45, 2.75) is 19.8 Å². The number of rotatable bonds is 1. The highest BCUT2D eigenvalue weighted by atomic mass is 16.2. The molecule has 0 atom stereocenters. The number of carbonyl (C=O) groups is 1. The predicted octanol–water partition coefficient (Wildman–Crippen LogP) is 0.833. The van der Waals surface area contributed by atoms with Crippen molar-refractivity contribution in [2.75, 3.05) is 13.1 Å². The van der Waals surface area contributed by atoms with Gasteiger partial charge in [0.05, 0.1) is 0 Å². The zero-order valence-electron chi connectivity index (χ0n) is 5.76. The van der Waals surface area contributed by atoms with Gasteiger partial charge in [0.1, 0.15) is 0 Å². The van der Waals surface area contributed by atoms with Crippen molar-refractivity contribution < 1.29 is 4.79 Å². The maximum absolute atomic E-state index is 10.9. The highest BCUT2D eigenvalue weighted by Gasteiger charge is 2.15. The van der Waals surface area contributed by atoms with Crippen LogP contribution in [0.15, 0.2) is 0 Å². The van der Waals surface area contributed by atoms with E-state index in [-0.39, 0.29) is 5.91 Å². The van der Waals surface area contributed by atoms with E-state index in [1.165, 1.54) is 12.8 Å². The van der Waals surface area contributed by atoms with Crippen LogP contribution in [-0.4, -0.2) is 23.9 Å². The minimum absolute atomic E-state index is 0.188. The molecule has 0 saturated carbocycles. The molecule has 0 aliphatic carbocycles. The summed E-state index contributed by atoms with van der Waals surface area (Å²) in [5.41, 5.74) is 0.